The molecule has 0 N–H and O–H groups in total. The summed E-state index contributed by atoms with van der Waals surface area (Å²) in [4.78, 5) is 28.9. The van der Waals surface area contributed by atoms with Gasteiger partial charge in [0.2, 0.25) is 5.91 Å². The number of hydrogen-bond acceptors (Lipinski definition) is 4. The van der Waals surface area contributed by atoms with Crippen LogP contribution < -0.4 is 9.47 Å². The number of rotatable bonds is 4. The highest BCUT2D eigenvalue weighted by Crippen LogP contribution is 2.31. The summed E-state index contributed by atoms with van der Waals surface area (Å²) in [6.45, 7) is 4.28. The molecule has 2 amide bonds. The van der Waals surface area contributed by atoms with E-state index in [1.54, 1.807) is 20.3 Å². The molecule has 0 unspecified atom stereocenters. The number of carbonyl (C=O) groups excluding carboxylic acids is 2. The molecular formula is C19H26N2O4. The van der Waals surface area contributed by atoms with Gasteiger partial charge >= 0.3 is 0 Å². The molecule has 1 aliphatic heterocycles. The molecule has 0 aromatic heterocycles. The largest absolute Gasteiger partial charge is 0.493 e. The maximum atomic E-state index is 12.9. The molecule has 136 valence electrons. The van der Waals surface area contributed by atoms with Crippen molar-refractivity contribution in [3.8, 4) is 11.5 Å². The number of piperazine rings is 1. The standard InChI is InChI=1S/C19H26N2O4/c1-13-11-16(24-2)17(25-3)12-15(13)19(23)21-9-7-20(8-10-21)18(22)14-5-4-6-14/h11-12,14H,4-10H2,1-3H3. The number of benzene rings is 1. The first kappa shape index (κ1) is 17.6. The minimum Gasteiger partial charge on any atom is -0.493 e. The Morgan fingerprint density at radius 1 is 0.960 bits per heavy atom. The summed E-state index contributed by atoms with van der Waals surface area (Å²) < 4.78 is 10.6. The first-order chi connectivity index (χ1) is 12.0. The van der Waals surface area contributed by atoms with Crippen molar-refractivity contribution in [1.29, 1.82) is 0 Å². The van der Waals surface area contributed by atoms with Crippen molar-refractivity contribution in [1.82, 2.24) is 9.80 Å². The average Bonchev–Trinajstić information content (AvgIpc) is 2.59. The smallest absolute Gasteiger partial charge is 0.254 e. The lowest BCUT2D eigenvalue weighted by molar-refractivity contribution is -0.139. The van der Waals surface area contributed by atoms with Crippen molar-refractivity contribution in [3.05, 3.63) is 23.3 Å². The number of amides is 2. The summed E-state index contributed by atoms with van der Waals surface area (Å²) >= 11 is 0. The van der Waals surface area contributed by atoms with Gasteiger partial charge in [-0.1, -0.05) is 6.42 Å². The third kappa shape index (κ3) is 3.43. The summed E-state index contributed by atoms with van der Waals surface area (Å²) in [6, 6.07) is 3.56. The van der Waals surface area contributed by atoms with Crippen LogP contribution in [-0.2, 0) is 4.79 Å². The lowest BCUT2D eigenvalue weighted by atomic mass is 9.84. The molecule has 1 saturated carbocycles. The van der Waals surface area contributed by atoms with Gasteiger partial charge in [0.05, 0.1) is 14.2 Å². The van der Waals surface area contributed by atoms with Crippen LogP contribution >= 0.6 is 0 Å². The fourth-order valence-electron chi connectivity index (χ4n) is 3.42. The first-order valence-corrected chi connectivity index (χ1v) is 8.85. The van der Waals surface area contributed by atoms with Gasteiger partial charge in [0, 0.05) is 37.7 Å². The van der Waals surface area contributed by atoms with Crippen LogP contribution in [0.5, 0.6) is 11.5 Å². The minimum absolute atomic E-state index is 0.0193. The molecule has 2 aliphatic rings. The van der Waals surface area contributed by atoms with Crippen molar-refractivity contribution < 1.29 is 19.1 Å². The number of aryl methyl sites for hydroxylation is 1. The normalized spacial score (nSPS) is 17.9. The zero-order chi connectivity index (χ0) is 18.0. The fraction of sp³-hybridized carbons (Fsp3) is 0.579. The number of hydrogen-bond donors (Lipinski definition) is 0. The van der Waals surface area contributed by atoms with Gasteiger partial charge in [-0.05, 0) is 37.5 Å². The Kier molecular flexibility index (Phi) is 5.16. The van der Waals surface area contributed by atoms with Crippen LogP contribution in [0, 0.1) is 12.8 Å². The molecule has 1 saturated heterocycles. The van der Waals surface area contributed by atoms with Crippen LogP contribution in [-0.4, -0.2) is 62.0 Å². The second-order valence-corrected chi connectivity index (χ2v) is 6.77. The van der Waals surface area contributed by atoms with E-state index in [0.717, 1.165) is 24.8 Å². The predicted molar refractivity (Wildman–Crippen MR) is 94.1 cm³/mol. The topological polar surface area (TPSA) is 59.1 Å². The second kappa shape index (κ2) is 7.33. The molecule has 0 radical (unpaired) electrons. The highest BCUT2D eigenvalue weighted by atomic mass is 16.5. The van der Waals surface area contributed by atoms with Gasteiger partial charge in [-0.2, -0.15) is 0 Å². The van der Waals surface area contributed by atoms with E-state index in [-0.39, 0.29) is 17.7 Å². The molecule has 1 heterocycles. The van der Waals surface area contributed by atoms with E-state index in [0.29, 0.717) is 43.2 Å². The lowest BCUT2D eigenvalue weighted by Gasteiger charge is -2.38. The molecule has 0 spiro atoms. The summed E-state index contributed by atoms with van der Waals surface area (Å²) in [7, 11) is 3.14. The lowest BCUT2D eigenvalue weighted by Crippen LogP contribution is -2.52. The quantitative estimate of drug-likeness (QED) is 0.838. The molecule has 6 heteroatoms. The van der Waals surface area contributed by atoms with Gasteiger partial charge in [0.25, 0.3) is 5.91 Å². The van der Waals surface area contributed by atoms with E-state index in [4.69, 9.17) is 9.47 Å². The van der Waals surface area contributed by atoms with Crippen LogP contribution in [0.25, 0.3) is 0 Å². The predicted octanol–water partition coefficient (Wildman–Crippen LogP) is 2.10. The van der Waals surface area contributed by atoms with Crippen molar-refractivity contribution in [3.63, 3.8) is 0 Å². The SMILES string of the molecule is COc1cc(C)c(C(=O)N2CCN(C(=O)C3CCC3)CC2)cc1OC. The van der Waals surface area contributed by atoms with Gasteiger partial charge in [-0.3, -0.25) is 9.59 Å². The molecule has 25 heavy (non-hydrogen) atoms. The zero-order valence-corrected chi connectivity index (χ0v) is 15.2. The molecule has 1 aliphatic carbocycles. The maximum Gasteiger partial charge on any atom is 0.254 e. The van der Waals surface area contributed by atoms with Gasteiger partial charge in [-0.15, -0.1) is 0 Å². The highest BCUT2D eigenvalue weighted by Gasteiger charge is 2.32. The molecule has 3 rings (SSSR count). The average molecular weight is 346 g/mol. The van der Waals surface area contributed by atoms with Crippen molar-refractivity contribution in [2.24, 2.45) is 5.92 Å². The molecular weight excluding hydrogens is 320 g/mol. The van der Waals surface area contributed by atoms with Crippen molar-refractivity contribution >= 4 is 11.8 Å². The Labute approximate surface area is 148 Å². The van der Waals surface area contributed by atoms with Crippen LogP contribution in [0.15, 0.2) is 12.1 Å². The van der Waals surface area contributed by atoms with E-state index in [1.165, 1.54) is 0 Å². The fourth-order valence-corrected chi connectivity index (χ4v) is 3.42. The molecule has 0 bridgehead atoms. The molecule has 2 fully saturated rings. The molecule has 1 aromatic carbocycles. The van der Waals surface area contributed by atoms with E-state index in [2.05, 4.69) is 0 Å². The summed E-state index contributed by atoms with van der Waals surface area (Å²) in [5.74, 6) is 1.63. The third-order valence-electron chi connectivity index (χ3n) is 5.29. The Morgan fingerprint density at radius 3 is 2.04 bits per heavy atom. The monoisotopic (exact) mass is 346 g/mol. The first-order valence-electron chi connectivity index (χ1n) is 8.85. The number of methoxy groups -OCH3 is 2. The summed E-state index contributed by atoms with van der Waals surface area (Å²) in [6.07, 6.45) is 3.19. The summed E-state index contributed by atoms with van der Waals surface area (Å²) in [5.41, 5.74) is 1.48. The van der Waals surface area contributed by atoms with Gasteiger partial charge in [0.15, 0.2) is 11.5 Å². The molecule has 1 aromatic rings. The molecule has 6 nitrogen and oxygen atoms in total. The van der Waals surface area contributed by atoms with Crippen LogP contribution in [0.3, 0.4) is 0 Å². The van der Waals surface area contributed by atoms with E-state index in [9.17, 15) is 9.59 Å². The maximum absolute atomic E-state index is 12.9. The number of carbonyl (C=O) groups is 2. The minimum atomic E-state index is -0.0193. The Balaban J connectivity index is 1.67. The van der Waals surface area contributed by atoms with E-state index < -0.39 is 0 Å². The zero-order valence-electron chi connectivity index (χ0n) is 15.2. The van der Waals surface area contributed by atoms with E-state index in [1.807, 2.05) is 22.8 Å². The summed E-state index contributed by atoms with van der Waals surface area (Å²) in [5, 5.41) is 0. The van der Waals surface area contributed by atoms with Crippen LogP contribution in [0.2, 0.25) is 0 Å². The Hall–Kier alpha value is -2.24. The van der Waals surface area contributed by atoms with Gasteiger partial charge in [0.1, 0.15) is 0 Å². The Bertz CT molecular complexity index is 662. The van der Waals surface area contributed by atoms with Crippen molar-refractivity contribution in [2.45, 2.75) is 26.2 Å². The Morgan fingerprint density at radius 2 is 1.52 bits per heavy atom. The third-order valence-corrected chi connectivity index (χ3v) is 5.29. The van der Waals surface area contributed by atoms with Gasteiger partial charge < -0.3 is 19.3 Å². The second-order valence-electron chi connectivity index (χ2n) is 6.77. The van der Waals surface area contributed by atoms with Crippen molar-refractivity contribution in [2.75, 3.05) is 40.4 Å². The van der Waals surface area contributed by atoms with Crippen LogP contribution in [0.4, 0.5) is 0 Å². The van der Waals surface area contributed by atoms with Crippen LogP contribution in [0.1, 0.15) is 35.2 Å². The number of nitrogens with zero attached hydrogens (tertiary/aromatic N) is 2. The highest BCUT2D eigenvalue weighted by molar-refractivity contribution is 5.96. The molecule has 0 atom stereocenters. The van der Waals surface area contributed by atoms with E-state index >= 15 is 0 Å². The van der Waals surface area contributed by atoms with Gasteiger partial charge in [-0.25, -0.2) is 0 Å². The number of ether oxygens (including phenoxy) is 2.